The summed E-state index contributed by atoms with van der Waals surface area (Å²) in [5, 5.41) is 21.7. The zero-order valence-electron chi connectivity index (χ0n) is 22.5. The van der Waals surface area contributed by atoms with Gasteiger partial charge >= 0.3 is 6.03 Å². The van der Waals surface area contributed by atoms with Crippen LogP contribution in [0.15, 0.2) is 54.6 Å². The van der Waals surface area contributed by atoms with E-state index in [1.54, 1.807) is 4.68 Å². The van der Waals surface area contributed by atoms with E-state index >= 15 is 0 Å². The average Bonchev–Trinajstić information content (AvgIpc) is 3.20. The second-order valence-corrected chi connectivity index (χ2v) is 10.9. The minimum Gasteiger partial charge on any atom is -0.474 e. The van der Waals surface area contributed by atoms with Crippen molar-refractivity contribution >= 4 is 11.8 Å². The third-order valence-corrected chi connectivity index (χ3v) is 7.47. The number of nitrogens with zero attached hydrogens (tertiary/aromatic N) is 3. The number of ether oxygens (including phenoxy) is 2. The Hall–Kier alpha value is -3.40. The van der Waals surface area contributed by atoms with Crippen molar-refractivity contribution in [3.05, 3.63) is 71.3 Å². The Morgan fingerprint density at radius 2 is 1.92 bits per heavy atom. The number of benzene rings is 2. The van der Waals surface area contributed by atoms with Gasteiger partial charge in [0, 0.05) is 13.1 Å². The summed E-state index contributed by atoms with van der Waals surface area (Å²) in [5.41, 5.74) is 3.38. The lowest BCUT2D eigenvalue weighted by atomic mass is 9.70. The highest BCUT2D eigenvalue weighted by atomic mass is 16.5. The van der Waals surface area contributed by atoms with Crippen molar-refractivity contribution in [3.63, 3.8) is 0 Å². The van der Waals surface area contributed by atoms with E-state index < -0.39 is 18.2 Å². The number of hydrogen-bond acceptors (Lipinski definition) is 6. The molecule has 9 nitrogen and oxygen atoms in total. The number of rotatable bonds is 6. The summed E-state index contributed by atoms with van der Waals surface area (Å²) in [5.74, 6) is 0.940. The summed E-state index contributed by atoms with van der Waals surface area (Å²) in [6, 6.07) is 16.6. The lowest BCUT2D eigenvalue weighted by Crippen LogP contribution is -2.45. The zero-order valence-corrected chi connectivity index (χ0v) is 22.5. The molecule has 0 saturated carbocycles. The SMILES string of the molecule is Cc1c(OCC2CN(C)CCO2)nn(-c2ccccc2)c1NC(=O)NC1c2ccccc2C(C)(C)CC1O. The Bertz CT molecular complexity index is 1280. The molecule has 3 aromatic rings. The van der Waals surface area contributed by atoms with Crippen molar-refractivity contribution in [1.29, 1.82) is 0 Å². The van der Waals surface area contributed by atoms with Gasteiger partial charge in [0.1, 0.15) is 18.5 Å². The lowest BCUT2D eigenvalue weighted by Gasteiger charge is -2.40. The van der Waals surface area contributed by atoms with E-state index in [1.807, 2.05) is 55.5 Å². The van der Waals surface area contributed by atoms with Crippen LogP contribution >= 0.6 is 0 Å². The van der Waals surface area contributed by atoms with Crippen LogP contribution in [0.3, 0.4) is 0 Å². The molecule has 2 aliphatic rings. The van der Waals surface area contributed by atoms with E-state index in [0.717, 1.165) is 29.9 Å². The molecule has 9 heteroatoms. The fourth-order valence-corrected chi connectivity index (χ4v) is 5.46. The molecular formula is C29H37N5O4. The van der Waals surface area contributed by atoms with Crippen molar-refractivity contribution in [2.75, 3.05) is 38.7 Å². The fraction of sp³-hybridized carbons (Fsp3) is 0.448. The predicted molar refractivity (Wildman–Crippen MR) is 146 cm³/mol. The van der Waals surface area contributed by atoms with E-state index in [4.69, 9.17) is 9.47 Å². The predicted octanol–water partition coefficient (Wildman–Crippen LogP) is 3.80. The maximum absolute atomic E-state index is 13.3. The summed E-state index contributed by atoms with van der Waals surface area (Å²) < 4.78 is 13.6. The lowest BCUT2D eigenvalue weighted by molar-refractivity contribution is -0.0411. The molecular weight excluding hydrogens is 482 g/mol. The standard InChI is InChI=1S/C29H37N5O4/c1-19-26(31-28(36)30-25-22-12-8-9-13-23(22)29(2,3)16-24(25)35)34(20-10-6-5-7-11-20)32-27(19)38-18-21-17-33(4)14-15-37-21/h5-13,21,24-25,35H,14-18H2,1-4H3,(H2,30,31,36). The molecule has 0 radical (unpaired) electrons. The number of aliphatic hydroxyl groups excluding tert-OH is 1. The molecule has 3 N–H and O–H groups in total. The molecule has 2 heterocycles. The van der Waals surface area contributed by atoms with Gasteiger partial charge < -0.3 is 24.8 Å². The molecule has 1 aromatic heterocycles. The van der Waals surface area contributed by atoms with Gasteiger partial charge in [0.05, 0.1) is 30.0 Å². The number of fused-ring (bicyclic) bond motifs is 1. The van der Waals surface area contributed by atoms with Crippen LogP contribution in [0.5, 0.6) is 5.88 Å². The largest absolute Gasteiger partial charge is 0.474 e. The summed E-state index contributed by atoms with van der Waals surface area (Å²) in [7, 11) is 2.06. The summed E-state index contributed by atoms with van der Waals surface area (Å²) in [6.07, 6.45) is -0.211. The molecule has 0 spiro atoms. The van der Waals surface area contributed by atoms with Crippen molar-refractivity contribution in [2.24, 2.45) is 0 Å². The van der Waals surface area contributed by atoms with E-state index in [9.17, 15) is 9.90 Å². The number of carbonyl (C=O) groups excluding carboxylic acids is 1. The van der Waals surface area contributed by atoms with Crippen LogP contribution in [0.25, 0.3) is 5.69 Å². The Morgan fingerprint density at radius 3 is 2.68 bits per heavy atom. The molecule has 1 saturated heterocycles. The monoisotopic (exact) mass is 519 g/mol. The molecule has 1 aliphatic carbocycles. The van der Waals surface area contributed by atoms with Crippen molar-refractivity contribution in [1.82, 2.24) is 20.0 Å². The number of aromatic nitrogens is 2. The van der Waals surface area contributed by atoms with Gasteiger partial charge in [0.2, 0.25) is 5.88 Å². The van der Waals surface area contributed by atoms with Gasteiger partial charge in [-0.25, -0.2) is 9.48 Å². The Labute approximate surface area is 223 Å². The molecule has 2 amide bonds. The van der Waals surface area contributed by atoms with Gasteiger partial charge in [-0.1, -0.05) is 56.3 Å². The van der Waals surface area contributed by atoms with Crippen LogP contribution in [0.2, 0.25) is 0 Å². The number of carbonyl (C=O) groups is 1. The van der Waals surface area contributed by atoms with Crippen LogP contribution in [-0.2, 0) is 10.2 Å². The van der Waals surface area contributed by atoms with E-state index in [0.29, 0.717) is 36.9 Å². The maximum atomic E-state index is 13.3. The number of para-hydroxylation sites is 1. The first kappa shape index (κ1) is 26.2. The summed E-state index contributed by atoms with van der Waals surface area (Å²) in [4.78, 5) is 15.6. The van der Waals surface area contributed by atoms with Gasteiger partial charge in [0.25, 0.3) is 0 Å². The second-order valence-electron chi connectivity index (χ2n) is 10.9. The van der Waals surface area contributed by atoms with E-state index in [1.165, 1.54) is 0 Å². The normalized spacial score (nSPS) is 22.9. The quantitative estimate of drug-likeness (QED) is 0.458. The zero-order chi connectivity index (χ0) is 26.9. The number of anilines is 1. The number of urea groups is 1. The highest BCUT2D eigenvalue weighted by Crippen LogP contribution is 2.41. The first-order valence-electron chi connectivity index (χ1n) is 13.2. The Balaban J connectivity index is 1.38. The molecule has 1 aliphatic heterocycles. The highest BCUT2D eigenvalue weighted by molar-refractivity contribution is 5.90. The first-order valence-corrected chi connectivity index (χ1v) is 13.2. The van der Waals surface area contributed by atoms with Crippen LogP contribution in [0.4, 0.5) is 10.6 Å². The molecule has 38 heavy (non-hydrogen) atoms. The molecule has 0 bridgehead atoms. The van der Waals surface area contributed by atoms with Crippen molar-refractivity contribution < 1.29 is 19.4 Å². The van der Waals surface area contributed by atoms with Gasteiger partial charge in [-0.3, -0.25) is 5.32 Å². The van der Waals surface area contributed by atoms with Crippen LogP contribution in [-0.4, -0.2) is 71.4 Å². The van der Waals surface area contributed by atoms with E-state index in [-0.39, 0.29) is 11.5 Å². The molecule has 5 rings (SSSR count). The van der Waals surface area contributed by atoms with Gasteiger partial charge in [-0.05, 0) is 49.1 Å². The number of aliphatic hydroxyl groups is 1. The van der Waals surface area contributed by atoms with Gasteiger partial charge in [-0.2, -0.15) is 0 Å². The van der Waals surface area contributed by atoms with E-state index in [2.05, 4.69) is 47.6 Å². The number of morpholine rings is 1. The second kappa shape index (κ2) is 10.8. The number of likely N-dealkylation sites (N-methyl/N-ethyl adjacent to an activating group) is 1. The minimum atomic E-state index is -0.710. The number of hydrogen-bond donors (Lipinski definition) is 3. The van der Waals surface area contributed by atoms with Crippen molar-refractivity contribution in [2.45, 2.75) is 50.9 Å². The molecule has 3 atom stereocenters. The molecule has 1 fully saturated rings. The Kier molecular flexibility index (Phi) is 7.43. The first-order chi connectivity index (χ1) is 18.2. The smallest absolute Gasteiger partial charge is 0.320 e. The summed E-state index contributed by atoms with van der Waals surface area (Å²) in [6.45, 7) is 8.83. The van der Waals surface area contributed by atoms with Crippen LogP contribution < -0.4 is 15.4 Å². The number of amides is 2. The molecule has 2 aromatic carbocycles. The van der Waals surface area contributed by atoms with Crippen LogP contribution in [0, 0.1) is 6.92 Å². The van der Waals surface area contributed by atoms with Crippen LogP contribution in [0.1, 0.15) is 43.0 Å². The average molecular weight is 520 g/mol. The topological polar surface area (TPSA) is 101 Å². The fourth-order valence-electron chi connectivity index (χ4n) is 5.46. The van der Waals surface area contributed by atoms with Crippen molar-refractivity contribution in [3.8, 4) is 11.6 Å². The van der Waals surface area contributed by atoms with Gasteiger partial charge in [0.15, 0.2) is 0 Å². The molecule has 3 unspecified atom stereocenters. The highest BCUT2D eigenvalue weighted by Gasteiger charge is 2.39. The summed E-state index contributed by atoms with van der Waals surface area (Å²) >= 11 is 0. The molecule has 202 valence electrons. The number of nitrogens with one attached hydrogen (secondary N) is 2. The minimum absolute atomic E-state index is 0.0492. The maximum Gasteiger partial charge on any atom is 0.320 e. The third-order valence-electron chi connectivity index (χ3n) is 7.47. The Morgan fingerprint density at radius 1 is 1.18 bits per heavy atom. The third kappa shape index (κ3) is 5.41. The van der Waals surface area contributed by atoms with Gasteiger partial charge in [-0.15, -0.1) is 5.10 Å².